The predicted octanol–water partition coefficient (Wildman–Crippen LogP) is 1.90. The Balaban J connectivity index is 1.32. The summed E-state index contributed by atoms with van der Waals surface area (Å²) in [5.74, 6) is 1.63. The Bertz CT molecular complexity index is 905. The number of aryl methyl sites for hydroxylation is 2. The molecule has 5 rings (SSSR count). The minimum atomic E-state index is -0.105. The lowest BCUT2D eigenvalue weighted by Crippen LogP contribution is -2.41. The zero-order valence-corrected chi connectivity index (χ0v) is 16.3. The zero-order valence-electron chi connectivity index (χ0n) is 16.3. The quantitative estimate of drug-likeness (QED) is 0.874. The lowest BCUT2D eigenvalue weighted by molar-refractivity contribution is 0.0141. The molecule has 0 saturated carbocycles. The molecule has 7 heteroatoms. The van der Waals surface area contributed by atoms with E-state index < -0.39 is 0 Å². The molecule has 2 aromatic rings. The van der Waals surface area contributed by atoms with Gasteiger partial charge in [0.05, 0.1) is 28.7 Å². The third-order valence-corrected chi connectivity index (χ3v) is 6.56. The summed E-state index contributed by atoms with van der Waals surface area (Å²) in [6.07, 6.45) is 7.48. The number of hydrogen-bond acceptors (Lipinski definition) is 6. The minimum absolute atomic E-state index is 0.0693. The summed E-state index contributed by atoms with van der Waals surface area (Å²) >= 11 is 0. The number of nitrogens with zero attached hydrogens (tertiary/aromatic N) is 4. The first-order valence-corrected chi connectivity index (χ1v) is 9.97. The predicted molar refractivity (Wildman–Crippen MR) is 104 cm³/mol. The first kappa shape index (κ1) is 17.6. The Kier molecular flexibility index (Phi) is 4.08. The van der Waals surface area contributed by atoms with Crippen LogP contribution in [0.3, 0.4) is 0 Å². The largest absolute Gasteiger partial charge is 0.369 e. The highest BCUT2D eigenvalue weighted by Gasteiger charge is 2.63. The van der Waals surface area contributed by atoms with Crippen LogP contribution in [0, 0.1) is 25.7 Å². The Morgan fingerprint density at radius 1 is 1.39 bits per heavy atom. The molecule has 0 radical (unpaired) electrons. The summed E-state index contributed by atoms with van der Waals surface area (Å²) in [5, 5.41) is 3.10. The minimum Gasteiger partial charge on any atom is -0.369 e. The van der Waals surface area contributed by atoms with E-state index in [1.54, 1.807) is 24.5 Å². The van der Waals surface area contributed by atoms with Crippen molar-refractivity contribution in [3.05, 3.63) is 47.7 Å². The molecule has 3 saturated heterocycles. The van der Waals surface area contributed by atoms with Crippen LogP contribution < -0.4 is 10.2 Å². The van der Waals surface area contributed by atoms with E-state index >= 15 is 0 Å². The van der Waals surface area contributed by atoms with Gasteiger partial charge >= 0.3 is 0 Å². The van der Waals surface area contributed by atoms with Crippen molar-refractivity contribution in [2.45, 2.75) is 38.4 Å². The van der Waals surface area contributed by atoms with Crippen molar-refractivity contribution in [3.63, 3.8) is 0 Å². The van der Waals surface area contributed by atoms with Gasteiger partial charge in [-0.3, -0.25) is 14.8 Å². The Hall–Kier alpha value is -2.54. The normalized spacial score (nSPS) is 30.5. The Labute approximate surface area is 164 Å². The van der Waals surface area contributed by atoms with Crippen molar-refractivity contribution in [3.8, 4) is 0 Å². The summed E-state index contributed by atoms with van der Waals surface area (Å²) in [5.41, 5.74) is 2.38. The second-order valence-electron chi connectivity index (χ2n) is 8.28. The molecule has 3 aliphatic rings. The number of amides is 1. The third-order valence-electron chi connectivity index (χ3n) is 6.56. The summed E-state index contributed by atoms with van der Waals surface area (Å²) in [7, 11) is 0. The van der Waals surface area contributed by atoms with Crippen LogP contribution in [-0.4, -0.2) is 52.2 Å². The number of aromatic nitrogens is 3. The molecule has 146 valence electrons. The van der Waals surface area contributed by atoms with E-state index in [0.29, 0.717) is 23.9 Å². The molecule has 1 amide bonds. The topological polar surface area (TPSA) is 80.2 Å². The van der Waals surface area contributed by atoms with Gasteiger partial charge in [0.1, 0.15) is 5.82 Å². The third kappa shape index (κ3) is 2.76. The van der Waals surface area contributed by atoms with Crippen LogP contribution in [-0.2, 0) is 4.74 Å². The Morgan fingerprint density at radius 2 is 2.29 bits per heavy atom. The van der Waals surface area contributed by atoms with Gasteiger partial charge in [-0.2, -0.15) is 0 Å². The molecule has 7 nitrogen and oxygen atoms in total. The van der Waals surface area contributed by atoms with Gasteiger partial charge in [0.15, 0.2) is 0 Å². The molecule has 0 aromatic carbocycles. The number of hydrogen-bond donors (Lipinski definition) is 1. The summed E-state index contributed by atoms with van der Waals surface area (Å²) in [6.45, 7) is 6.39. The highest BCUT2D eigenvalue weighted by atomic mass is 16.5. The molecule has 0 unspecified atom stereocenters. The number of anilines is 1. The highest BCUT2D eigenvalue weighted by Crippen LogP contribution is 2.55. The van der Waals surface area contributed by atoms with E-state index in [2.05, 4.69) is 20.2 Å². The van der Waals surface area contributed by atoms with Gasteiger partial charge in [-0.25, -0.2) is 4.98 Å². The van der Waals surface area contributed by atoms with E-state index in [9.17, 15) is 4.79 Å². The number of rotatable bonds is 4. The van der Waals surface area contributed by atoms with Gasteiger partial charge < -0.3 is 15.0 Å². The van der Waals surface area contributed by atoms with Crippen LogP contribution >= 0.6 is 0 Å². The van der Waals surface area contributed by atoms with Crippen LogP contribution in [0.1, 0.15) is 34.6 Å². The van der Waals surface area contributed by atoms with Crippen molar-refractivity contribution in [1.82, 2.24) is 20.3 Å². The second-order valence-corrected chi connectivity index (χ2v) is 8.28. The second kappa shape index (κ2) is 6.51. The SMILES string of the molecule is Cc1cnc(C)c(N2C[C@@H]3[C@H](CNC(=O)c4cccnc4)[C@H]4CC[C@]3(C2)O4)n1. The maximum Gasteiger partial charge on any atom is 0.252 e. The molecule has 1 spiro atoms. The molecule has 2 bridgehead atoms. The molecule has 5 heterocycles. The van der Waals surface area contributed by atoms with E-state index in [1.165, 1.54) is 0 Å². The van der Waals surface area contributed by atoms with Crippen molar-refractivity contribution in [2.75, 3.05) is 24.5 Å². The standard InChI is InChI=1S/C21H25N5O2/c1-13-8-23-14(2)19(25-13)26-11-17-16(18-5-6-21(17,12-26)28-18)10-24-20(27)15-4-3-7-22-9-15/h3-4,7-9,16-18H,5-6,10-12H2,1-2H3,(H,24,27)/t16-,17+,18+,21+/m0/s1. The molecule has 28 heavy (non-hydrogen) atoms. The average molecular weight is 379 g/mol. The van der Waals surface area contributed by atoms with Crippen molar-refractivity contribution >= 4 is 11.7 Å². The van der Waals surface area contributed by atoms with Gasteiger partial charge in [-0.1, -0.05) is 0 Å². The summed E-state index contributed by atoms with van der Waals surface area (Å²) < 4.78 is 6.50. The molecular weight excluding hydrogens is 354 g/mol. The molecule has 2 aromatic heterocycles. The first-order valence-electron chi connectivity index (χ1n) is 9.97. The first-order chi connectivity index (χ1) is 13.6. The fourth-order valence-electron chi connectivity index (χ4n) is 5.26. The molecule has 0 aliphatic carbocycles. The van der Waals surface area contributed by atoms with E-state index in [1.807, 2.05) is 20.0 Å². The number of ether oxygens (including phenoxy) is 1. The van der Waals surface area contributed by atoms with Crippen LogP contribution in [0.15, 0.2) is 30.7 Å². The maximum atomic E-state index is 12.4. The van der Waals surface area contributed by atoms with Gasteiger partial charge in [0.2, 0.25) is 0 Å². The van der Waals surface area contributed by atoms with Crippen LogP contribution in [0.25, 0.3) is 0 Å². The number of nitrogens with one attached hydrogen (secondary N) is 1. The number of carbonyl (C=O) groups is 1. The monoisotopic (exact) mass is 379 g/mol. The lowest BCUT2D eigenvalue weighted by Gasteiger charge is -2.29. The van der Waals surface area contributed by atoms with Crippen LogP contribution in [0.5, 0.6) is 0 Å². The van der Waals surface area contributed by atoms with Gasteiger partial charge in [-0.05, 0) is 38.8 Å². The van der Waals surface area contributed by atoms with Crippen molar-refractivity contribution in [1.29, 1.82) is 0 Å². The van der Waals surface area contributed by atoms with Crippen molar-refractivity contribution < 1.29 is 9.53 Å². The van der Waals surface area contributed by atoms with Crippen molar-refractivity contribution in [2.24, 2.45) is 11.8 Å². The molecular formula is C21H25N5O2. The molecule has 4 atom stereocenters. The number of carbonyl (C=O) groups excluding carboxylic acids is 1. The van der Waals surface area contributed by atoms with Crippen LogP contribution in [0.4, 0.5) is 5.82 Å². The molecule has 3 fully saturated rings. The highest BCUT2D eigenvalue weighted by molar-refractivity contribution is 5.93. The maximum absolute atomic E-state index is 12.4. The van der Waals surface area contributed by atoms with Gasteiger partial charge in [0.25, 0.3) is 5.91 Å². The van der Waals surface area contributed by atoms with Gasteiger partial charge in [-0.15, -0.1) is 0 Å². The molecule has 3 aliphatic heterocycles. The zero-order chi connectivity index (χ0) is 19.3. The summed E-state index contributed by atoms with van der Waals surface area (Å²) in [4.78, 5) is 28.0. The fraction of sp³-hybridized carbons (Fsp3) is 0.524. The number of pyridine rings is 1. The van der Waals surface area contributed by atoms with E-state index in [0.717, 1.165) is 43.1 Å². The fourth-order valence-corrected chi connectivity index (χ4v) is 5.26. The van der Waals surface area contributed by atoms with Crippen LogP contribution in [0.2, 0.25) is 0 Å². The lowest BCUT2D eigenvalue weighted by atomic mass is 9.73. The number of fused-ring (bicyclic) bond motifs is 1. The average Bonchev–Trinajstić information content (AvgIpc) is 3.37. The Morgan fingerprint density at radius 3 is 3.11 bits per heavy atom. The molecule has 1 N–H and O–H groups in total. The smallest absolute Gasteiger partial charge is 0.252 e. The van der Waals surface area contributed by atoms with Gasteiger partial charge in [0, 0.05) is 50.1 Å². The van der Waals surface area contributed by atoms with E-state index in [4.69, 9.17) is 9.72 Å². The van der Waals surface area contributed by atoms with E-state index in [-0.39, 0.29) is 17.6 Å². The summed E-state index contributed by atoms with van der Waals surface area (Å²) in [6, 6.07) is 3.57.